The number of benzene rings is 1. The maximum atomic E-state index is 8.83. The molecule has 2 aliphatic rings. The first-order valence-corrected chi connectivity index (χ1v) is 6.86. The van der Waals surface area contributed by atoms with Crippen LogP contribution in [0.5, 0.6) is 0 Å². The van der Waals surface area contributed by atoms with Crippen molar-refractivity contribution in [1.29, 1.82) is 5.26 Å². The first-order valence-electron chi connectivity index (χ1n) is 6.86. The predicted octanol–water partition coefficient (Wildman–Crippen LogP) is 3.05. The predicted molar refractivity (Wildman–Crippen MR) is 72.2 cm³/mol. The van der Waals surface area contributed by atoms with Gasteiger partial charge < -0.3 is 5.32 Å². The van der Waals surface area contributed by atoms with Gasteiger partial charge in [0.1, 0.15) is 0 Å². The average Bonchev–Trinajstić information content (AvgIpc) is 3.25. The lowest BCUT2D eigenvalue weighted by molar-refractivity contribution is 0.517. The zero-order valence-electron chi connectivity index (χ0n) is 11.1. The van der Waals surface area contributed by atoms with Crippen LogP contribution in [0.25, 0.3) is 0 Å². The molecule has 0 spiro atoms. The highest BCUT2D eigenvalue weighted by molar-refractivity contribution is 5.37. The first kappa shape index (κ1) is 11.7. The van der Waals surface area contributed by atoms with E-state index >= 15 is 0 Å². The van der Waals surface area contributed by atoms with Gasteiger partial charge in [-0.05, 0) is 54.3 Å². The van der Waals surface area contributed by atoms with E-state index in [1.54, 1.807) is 0 Å². The van der Waals surface area contributed by atoms with E-state index in [-0.39, 0.29) is 0 Å². The van der Waals surface area contributed by atoms with E-state index in [0.717, 1.165) is 24.1 Å². The largest absolute Gasteiger partial charge is 0.314 e. The van der Waals surface area contributed by atoms with Gasteiger partial charge in [0, 0.05) is 6.04 Å². The van der Waals surface area contributed by atoms with Gasteiger partial charge in [-0.2, -0.15) is 5.26 Å². The van der Waals surface area contributed by atoms with Crippen molar-refractivity contribution in [2.24, 2.45) is 11.3 Å². The molecule has 2 aliphatic carbocycles. The molecule has 0 radical (unpaired) electrons. The smallest absolute Gasteiger partial charge is 0.0991 e. The molecule has 1 aromatic rings. The Morgan fingerprint density at radius 2 is 1.94 bits per heavy atom. The lowest BCUT2D eigenvalue weighted by atomic mass is 10.0. The Balaban J connectivity index is 1.69. The second kappa shape index (κ2) is 4.10. The summed E-state index contributed by atoms with van der Waals surface area (Å²) in [7, 11) is 0. The molecule has 0 amide bonds. The van der Waals surface area contributed by atoms with Gasteiger partial charge in [0.15, 0.2) is 0 Å². The van der Waals surface area contributed by atoms with E-state index in [4.69, 9.17) is 5.26 Å². The van der Waals surface area contributed by atoms with Crippen LogP contribution in [0.1, 0.15) is 43.7 Å². The van der Waals surface area contributed by atoms with Gasteiger partial charge >= 0.3 is 0 Å². The van der Waals surface area contributed by atoms with Crippen LogP contribution in [-0.2, 0) is 0 Å². The Morgan fingerprint density at radius 3 is 2.50 bits per heavy atom. The number of hydrogen-bond donors (Lipinski definition) is 1. The van der Waals surface area contributed by atoms with Crippen LogP contribution in [0, 0.1) is 22.7 Å². The van der Waals surface area contributed by atoms with Gasteiger partial charge in [0.25, 0.3) is 0 Å². The minimum absolute atomic E-state index is 0.399. The van der Waals surface area contributed by atoms with E-state index in [9.17, 15) is 0 Å². The number of nitriles is 1. The normalized spacial score (nSPS) is 28.7. The van der Waals surface area contributed by atoms with Crippen molar-refractivity contribution in [3.05, 3.63) is 35.4 Å². The minimum Gasteiger partial charge on any atom is -0.314 e. The molecule has 0 heterocycles. The number of nitrogens with one attached hydrogen (secondary N) is 1. The topological polar surface area (TPSA) is 35.8 Å². The number of nitrogens with zero attached hydrogens (tertiary/aromatic N) is 1. The highest BCUT2D eigenvalue weighted by atomic mass is 15.0. The summed E-state index contributed by atoms with van der Waals surface area (Å²) in [5, 5.41) is 12.5. The summed E-state index contributed by atoms with van der Waals surface area (Å²) < 4.78 is 0. The summed E-state index contributed by atoms with van der Waals surface area (Å²) >= 11 is 0. The van der Waals surface area contributed by atoms with Crippen molar-refractivity contribution < 1.29 is 0 Å². The highest BCUT2D eigenvalue weighted by Gasteiger charge is 2.57. The number of hydrogen-bond acceptors (Lipinski definition) is 2. The van der Waals surface area contributed by atoms with Crippen molar-refractivity contribution in [3.63, 3.8) is 0 Å². The van der Waals surface area contributed by atoms with E-state index in [0.29, 0.717) is 11.3 Å². The summed E-state index contributed by atoms with van der Waals surface area (Å²) in [4.78, 5) is 0. The molecule has 2 fully saturated rings. The second-order valence-corrected chi connectivity index (χ2v) is 6.32. The van der Waals surface area contributed by atoms with Crippen LogP contribution in [-0.4, -0.2) is 12.6 Å². The molecular weight excluding hydrogens is 220 g/mol. The lowest BCUT2D eigenvalue weighted by Crippen LogP contribution is -2.20. The maximum absolute atomic E-state index is 8.83. The van der Waals surface area contributed by atoms with Crippen LogP contribution >= 0.6 is 0 Å². The molecule has 0 aliphatic heterocycles. The minimum atomic E-state index is 0.399. The van der Waals surface area contributed by atoms with Crippen LogP contribution < -0.4 is 5.32 Å². The molecule has 2 atom stereocenters. The zero-order valence-corrected chi connectivity index (χ0v) is 11.1. The van der Waals surface area contributed by atoms with Crippen molar-refractivity contribution >= 4 is 0 Å². The molecule has 0 bridgehead atoms. The molecule has 3 rings (SSSR count). The lowest BCUT2D eigenvalue weighted by Gasteiger charge is -2.03. The molecule has 18 heavy (non-hydrogen) atoms. The van der Waals surface area contributed by atoms with Gasteiger partial charge in [-0.3, -0.25) is 0 Å². The average molecular weight is 240 g/mol. The Hall–Kier alpha value is -1.33. The summed E-state index contributed by atoms with van der Waals surface area (Å²) in [6, 6.07) is 11.1. The molecule has 0 aromatic heterocycles. The summed E-state index contributed by atoms with van der Waals surface area (Å²) in [5.74, 6) is 1.39. The third-order valence-electron chi connectivity index (χ3n) is 4.65. The molecule has 1 aromatic carbocycles. The van der Waals surface area contributed by atoms with E-state index in [2.05, 4.69) is 37.4 Å². The standard InChI is InChI=1S/C16H20N2/c1-16(2)14(10-18-13-7-8-13)15(16)12-5-3-11(9-17)4-6-12/h3-6,13-15,18H,7-8,10H2,1-2H3. The van der Waals surface area contributed by atoms with Crippen LogP contribution in [0.4, 0.5) is 0 Å². The molecule has 2 unspecified atom stereocenters. The molecule has 1 N–H and O–H groups in total. The van der Waals surface area contributed by atoms with Gasteiger partial charge in [-0.15, -0.1) is 0 Å². The fourth-order valence-corrected chi connectivity index (χ4v) is 3.13. The Labute approximate surface area is 109 Å². The molecule has 0 saturated heterocycles. The number of rotatable bonds is 4. The quantitative estimate of drug-likeness (QED) is 0.878. The van der Waals surface area contributed by atoms with Gasteiger partial charge in [-0.25, -0.2) is 0 Å². The van der Waals surface area contributed by atoms with Gasteiger partial charge in [0.05, 0.1) is 11.6 Å². The maximum Gasteiger partial charge on any atom is 0.0991 e. The summed E-state index contributed by atoms with van der Waals surface area (Å²) in [5.41, 5.74) is 2.54. The molecular formula is C16H20N2. The fourth-order valence-electron chi connectivity index (χ4n) is 3.13. The molecule has 94 valence electrons. The van der Waals surface area contributed by atoms with Crippen LogP contribution in [0.15, 0.2) is 24.3 Å². The van der Waals surface area contributed by atoms with Crippen molar-refractivity contribution in [2.75, 3.05) is 6.54 Å². The monoisotopic (exact) mass is 240 g/mol. The summed E-state index contributed by atoms with van der Waals surface area (Å²) in [6.07, 6.45) is 2.71. The Morgan fingerprint density at radius 1 is 1.28 bits per heavy atom. The second-order valence-electron chi connectivity index (χ2n) is 6.32. The highest BCUT2D eigenvalue weighted by Crippen LogP contribution is 2.64. The third-order valence-corrected chi connectivity index (χ3v) is 4.65. The van der Waals surface area contributed by atoms with Gasteiger partial charge in [0.2, 0.25) is 0 Å². The SMILES string of the molecule is CC1(C)C(CNC2CC2)C1c1ccc(C#N)cc1. The Kier molecular flexibility index (Phi) is 2.68. The molecule has 2 saturated carbocycles. The van der Waals surface area contributed by atoms with Crippen molar-refractivity contribution in [3.8, 4) is 6.07 Å². The molecule has 2 nitrogen and oxygen atoms in total. The molecule has 2 heteroatoms. The fraction of sp³-hybridized carbons (Fsp3) is 0.562. The Bertz CT molecular complexity index is 477. The zero-order chi connectivity index (χ0) is 12.8. The van der Waals surface area contributed by atoms with E-state index < -0.39 is 0 Å². The van der Waals surface area contributed by atoms with E-state index in [1.165, 1.54) is 18.4 Å². The summed E-state index contributed by atoms with van der Waals surface area (Å²) in [6.45, 7) is 5.85. The van der Waals surface area contributed by atoms with Crippen molar-refractivity contribution in [1.82, 2.24) is 5.32 Å². The van der Waals surface area contributed by atoms with Crippen molar-refractivity contribution in [2.45, 2.75) is 38.6 Å². The third kappa shape index (κ3) is 2.04. The van der Waals surface area contributed by atoms with Crippen LogP contribution in [0.3, 0.4) is 0 Å². The van der Waals surface area contributed by atoms with Gasteiger partial charge in [-0.1, -0.05) is 26.0 Å². The van der Waals surface area contributed by atoms with Crippen LogP contribution in [0.2, 0.25) is 0 Å². The first-order chi connectivity index (χ1) is 8.63. The van der Waals surface area contributed by atoms with E-state index in [1.807, 2.05) is 12.1 Å².